The van der Waals surface area contributed by atoms with Gasteiger partial charge in [0.1, 0.15) is 0 Å². The molecular weight excluding hydrogens is 434 g/mol. The number of amides is 1. The molecular formula is C26H29N3O3S. The van der Waals surface area contributed by atoms with E-state index in [4.69, 9.17) is 0 Å². The summed E-state index contributed by atoms with van der Waals surface area (Å²) in [6.45, 7) is 3.47. The van der Waals surface area contributed by atoms with Gasteiger partial charge in [-0.2, -0.15) is 0 Å². The van der Waals surface area contributed by atoms with Crippen LogP contribution in [0.1, 0.15) is 34.3 Å². The minimum atomic E-state index is -3.79. The van der Waals surface area contributed by atoms with Crippen LogP contribution in [0.25, 0.3) is 0 Å². The van der Waals surface area contributed by atoms with Crippen molar-refractivity contribution in [2.24, 2.45) is 0 Å². The molecule has 0 unspecified atom stereocenters. The molecule has 0 bridgehead atoms. The number of likely N-dealkylation sites (tertiary alicyclic amines) is 1. The summed E-state index contributed by atoms with van der Waals surface area (Å²) in [6, 6.07) is 23.1. The summed E-state index contributed by atoms with van der Waals surface area (Å²) in [4.78, 5) is 15.7. The van der Waals surface area contributed by atoms with Crippen LogP contribution in [-0.2, 0) is 23.1 Å². The van der Waals surface area contributed by atoms with E-state index in [1.807, 2.05) is 18.2 Å². The first-order chi connectivity index (χ1) is 16.0. The van der Waals surface area contributed by atoms with Crippen LogP contribution in [0.4, 0.5) is 5.69 Å². The third kappa shape index (κ3) is 5.26. The molecule has 3 aromatic rings. The maximum atomic E-state index is 13.1. The van der Waals surface area contributed by atoms with Gasteiger partial charge in [0.15, 0.2) is 0 Å². The Morgan fingerprint density at radius 2 is 1.48 bits per heavy atom. The van der Waals surface area contributed by atoms with E-state index in [-0.39, 0.29) is 10.8 Å². The number of carbonyl (C=O) groups excluding carboxylic acids is 1. The van der Waals surface area contributed by atoms with E-state index < -0.39 is 10.0 Å². The lowest BCUT2D eigenvalue weighted by molar-refractivity contribution is 0.0951. The van der Waals surface area contributed by atoms with Crippen molar-refractivity contribution in [1.82, 2.24) is 10.2 Å². The zero-order valence-corrected chi connectivity index (χ0v) is 19.6. The Balaban J connectivity index is 1.52. The fourth-order valence-corrected chi connectivity index (χ4v) is 5.39. The number of nitrogens with zero attached hydrogens (tertiary/aromatic N) is 2. The molecule has 0 aromatic heterocycles. The van der Waals surface area contributed by atoms with Crippen molar-refractivity contribution in [3.8, 4) is 0 Å². The van der Waals surface area contributed by atoms with Gasteiger partial charge in [-0.05, 0) is 61.3 Å². The predicted molar refractivity (Wildman–Crippen MR) is 131 cm³/mol. The van der Waals surface area contributed by atoms with Crippen molar-refractivity contribution in [2.45, 2.75) is 30.8 Å². The van der Waals surface area contributed by atoms with Gasteiger partial charge in [0.05, 0.1) is 16.1 Å². The second-order valence-corrected chi connectivity index (χ2v) is 10.2. The summed E-state index contributed by atoms with van der Waals surface area (Å²) in [5.74, 6) is -0.309. The maximum absolute atomic E-state index is 13.1. The molecule has 3 aromatic carbocycles. The molecule has 0 aliphatic carbocycles. The fourth-order valence-electron chi connectivity index (χ4n) is 4.16. The van der Waals surface area contributed by atoms with Crippen molar-refractivity contribution in [3.63, 3.8) is 0 Å². The van der Waals surface area contributed by atoms with Gasteiger partial charge < -0.3 is 5.32 Å². The third-order valence-corrected chi connectivity index (χ3v) is 7.83. The third-order valence-electron chi connectivity index (χ3n) is 6.04. The van der Waals surface area contributed by atoms with Gasteiger partial charge in [0.25, 0.3) is 15.9 Å². The molecule has 172 valence electrons. The normalized spacial score (nSPS) is 14.2. The first-order valence-corrected chi connectivity index (χ1v) is 12.6. The molecule has 1 aliphatic rings. The molecule has 6 nitrogen and oxygen atoms in total. The number of benzene rings is 3. The Kier molecular flexibility index (Phi) is 7.11. The monoisotopic (exact) mass is 463 g/mol. The first-order valence-electron chi connectivity index (χ1n) is 11.2. The van der Waals surface area contributed by atoms with Crippen molar-refractivity contribution in [2.75, 3.05) is 24.4 Å². The molecule has 7 heteroatoms. The quantitative estimate of drug-likeness (QED) is 0.548. The highest BCUT2D eigenvalue weighted by molar-refractivity contribution is 7.92. The van der Waals surface area contributed by atoms with E-state index in [1.165, 1.54) is 29.8 Å². The van der Waals surface area contributed by atoms with Gasteiger partial charge >= 0.3 is 0 Å². The van der Waals surface area contributed by atoms with Crippen LogP contribution < -0.4 is 9.62 Å². The molecule has 4 rings (SSSR count). The summed E-state index contributed by atoms with van der Waals surface area (Å²) in [5, 5.41) is 2.99. The smallest absolute Gasteiger partial charge is 0.264 e. The van der Waals surface area contributed by atoms with E-state index in [1.54, 1.807) is 54.6 Å². The van der Waals surface area contributed by atoms with E-state index in [0.717, 1.165) is 25.2 Å². The summed E-state index contributed by atoms with van der Waals surface area (Å²) >= 11 is 0. The summed E-state index contributed by atoms with van der Waals surface area (Å²) in [6.07, 6.45) is 2.46. The Morgan fingerprint density at radius 1 is 0.879 bits per heavy atom. The molecule has 0 radical (unpaired) electrons. The van der Waals surface area contributed by atoms with Gasteiger partial charge in [-0.1, -0.05) is 54.6 Å². The Bertz CT molecular complexity index is 1210. The number of anilines is 1. The minimum absolute atomic E-state index is 0.179. The Labute approximate surface area is 195 Å². The number of carbonyl (C=O) groups is 1. The number of para-hydroxylation sites is 1. The lowest BCUT2D eigenvalue weighted by Crippen LogP contribution is -2.31. The average molecular weight is 464 g/mol. The van der Waals surface area contributed by atoms with E-state index in [2.05, 4.69) is 16.3 Å². The lowest BCUT2D eigenvalue weighted by atomic mass is 10.1. The summed E-state index contributed by atoms with van der Waals surface area (Å²) in [5.41, 5.74) is 2.93. The number of sulfonamides is 1. The lowest BCUT2D eigenvalue weighted by Gasteiger charge is -2.22. The minimum Gasteiger partial charge on any atom is -0.348 e. The highest BCUT2D eigenvalue weighted by Gasteiger charge is 2.25. The first kappa shape index (κ1) is 23.0. The van der Waals surface area contributed by atoms with Crippen molar-refractivity contribution < 1.29 is 13.2 Å². The van der Waals surface area contributed by atoms with Crippen LogP contribution in [0, 0.1) is 0 Å². The Hall–Kier alpha value is -3.16. The van der Waals surface area contributed by atoms with Crippen molar-refractivity contribution in [3.05, 3.63) is 95.6 Å². The molecule has 1 aliphatic heterocycles. The topological polar surface area (TPSA) is 69.7 Å². The molecule has 0 atom stereocenters. The summed E-state index contributed by atoms with van der Waals surface area (Å²) < 4.78 is 27.3. The predicted octanol–water partition coefficient (Wildman–Crippen LogP) is 4.04. The second kappa shape index (κ2) is 10.2. The number of nitrogens with one attached hydrogen (secondary N) is 1. The van der Waals surface area contributed by atoms with Crippen molar-refractivity contribution >= 4 is 21.6 Å². The molecule has 1 amide bonds. The number of rotatable bonds is 8. The molecule has 1 heterocycles. The number of hydrogen-bond donors (Lipinski definition) is 1. The van der Waals surface area contributed by atoms with E-state index in [0.29, 0.717) is 17.8 Å². The SMILES string of the molecule is CN(c1ccccc1C(=O)NCc1ccccc1CN1CCCC1)S(=O)(=O)c1ccccc1. The molecule has 0 saturated carbocycles. The van der Waals surface area contributed by atoms with Crippen LogP contribution in [0.5, 0.6) is 0 Å². The highest BCUT2D eigenvalue weighted by Crippen LogP contribution is 2.26. The van der Waals surface area contributed by atoms with Crippen LogP contribution in [0.3, 0.4) is 0 Å². The molecule has 0 spiro atoms. The highest BCUT2D eigenvalue weighted by atomic mass is 32.2. The van der Waals surface area contributed by atoms with Gasteiger partial charge in [-0.25, -0.2) is 8.42 Å². The standard InChI is InChI=1S/C26H29N3O3S/c1-28(33(31,32)23-13-3-2-4-14-23)25-16-8-7-15-24(25)26(30)27-19-21-11-5-6-12-22(21)20-29-17-9-10-18-29/h2-8,11-16H,9-10,17-20H2,1H3,(H,27,30). The molecule has 1 fully saturated rings. The second-order valence-electron chi connectivity index (χ2n) is 8.24. The van der Waals surface area contributed by atoms with E-state index >= 15 is 0 Å². The molecule has 1 saturated heterocycles. The average Bonchev–Trinajstić information content (AvgIpc) is 3.36. The zero-order chi connectivity index (χ0) is 23.3. The van der Waals surface area contributed by atoms with Gasteiger partial charge in [0, 0.05) is 20.1 Å². The van der Waals surface area contributed by atoms with Gasteiger partial charge in [-0.3, -0.25) is 14.0 Å². The zero-order valence-electron chi connectivity index (χ0n) is 18.8. The van der Waals surface area contributed by atoms with E-state index in [9.17, 15) is 13.2 Å². The maximum Gasteiger partial charge on any atom is 0.264 e. The fraction of sp³-hybridized carbons (Fsp3) is 0.269. The van der Waals surface area contributed by atoms with Gasteiger partial charge in [0.2, 0.25) is 0 Å². The van der Waals surface area contributed by atoms with Crippen LogP contribution in [-0.4, -0.2) is 39.4 Å². The van der Waals surface area contributed by atoms with Crippen LogP contribution >= 0.6 is 0 Å². The van der Waals surface area contributed by atoms with Gasteiger partial charge in [-0.15, -0.1) is 0 Å². The van der Waals surface area contributed by atoms with Crippen LogP contribution in [0.15, 0.2) is 83.8 Å². The number of hydrogen-bond acceptors (Lipinski definition) is 4. The summed E-state index contributed by atoms with van der Waals surface area (Å²) in [7, 11) is -2.32. The molecule has 33 heavy (non-hydrogen) atoms. The van der Waals surface area contributed by atoms with Crippen LogP contribution in [0.2, 0.25) is 0 Å². The Morgan fingerprint density at radius 3 is 2.21 bits per heavy atom. The molecule has 1 N–H and O–H groups in total. The largest absolute Gasteiger partial charge is 0.348 e. The van der Waals surface area contributed by atoms with Crippen molar-refractivity contribution in [1.29, 1.82) is 0 Å².